The Kier molecular flexibility index (Phi) is 5.87. The summed E-state index contributed by atoms with van der Waals surface area (Å²) in [6.07, 6.45) is -4.35. The summed E-state index contributed by atoms with van der Waals surface area (Å²) < 4.78 is 52.3. The summed E-state index contributed by atoms with van der Waals surface area (Å²) in [7, 11) is 0. The average Bonchev–Trinajstić information content (AvgIpc) is 3.51. The monoisotopic (exact) mass is 501 g/mol. The molecule has 0 aromatic heterocycles. The summed E-state index contributed by atoms with van der Waals surface area (Å²) in [6.45, 7) is 2.68. The second-order valence-electron chi connectivity index (χ2n) is 10.4. The van der Waals surface area contributed by atoms with Gasteiger partial charge in [0.15, 0.2) is 11.5 Å². The molecule has 4 unspecified atom stereocenters. The van der Waals surface area contributed by atoms with Crippen LogP contribution in [0.25, 0.3) is 0 Å². The minimum Gasteiger partial charge on any atom is -0.454 e. The van der Waals surface area contributed by atoms with Crippen molar-refractivity contribution in [2.24, 2.45) is 5.92 Å². The van der Waals surface area contributed by atoms with Gasteiger partial charge in [0.05, 0.1) is 12.3 Å². The van der Waals surface area contributed by atoms with Crippen LogP contribution in [0.5, 0.6) is 11.5 Å². The number of halogens is 3. The number of amides is 1. The topological polar surface area (TPSA) is 62.8 Å². The van der Waals surface area contributed by atoms with Crippen LogP contribution in [0.1, 0.15) is 41.9 Å². The number of ether oxygens (including phenoxy) is 2. The molecule has 6 nitrogen and oxygen atoms in total. The lowest BCUT2D eigenvalue weighted by Crippen LogP contribution is -2.56. The van der Waals surface area contributed by atoms with Crippen molar-refractivity contribution in [1.82, 2.24) is 15.5 Å². The largest absolute Gasteiger partial charge is 0.454 e. The zero-order chi connectivity index (χ0) is 24.9. The van der Waals surface area contributed by atoms with Crippen LogP contribution < -0.4 is 20.1 Å². The van der Waals surface area contributed by atoms with Gasteiger partial charge in [-0.25, -0.2) is 0 Å². The quantitative estimate of drug-likeness (QED) is 0.672. The van der Waals surface area contributed by atoms with E-state index in [1.54, 1.807) is 0 Å². The van der Waals surface area contributed by atoms with Crippen molar-refractivity contribution in [3.63, 3.8) is 0 Å². The highest BCUT2D eigenvalue weighted by Gasteiger charge is 2.53. The summed E-state index contributed by atoms with van der Waals surface area (Å²) in [4.78, 5) is 15.6. The predicted octanol–water partition coefficient (Wildman–Crippen LogP) is 3.70. The van der Waals surface area contributed by atoms with Crippen LogP contribution in [0.4, 0.5) is 13.2 Å². The first-order chi connectivity index (χ1) is 17.4. The van der Waals surface area contributed by atoms with Crippen LogP contribution in [0, 0.1) is 5.92 Å². The first-order valence-corrected chi connectivity index (χ1v) is 12.6. The van der Waals surface area contributed by atoms with Crippen molar-refractivity contribution >= 4 is 5.91 Å². The van der Waals surface area contributed by atoms with Crippen LogP contribution >= 0.6 is 0 Å². The molecular weight excluding hydrogens is 471 g/mol. The Labute approximate surface area is 208 Å². The van der Waals surface area contributed by atoms with E-state index in [9.17, 15) is 18.0 Å². The third kappa shape index (κ3) is 4.02. The lowest BCUT2D eigenvalue weighted by molar-refractivity contribution is -0.160. The van der Waals surface area contributed by atoms with E-state index in [0.29, 0.717) is 57.1 Å². The third-order valence-corrected chi connectivity index (χ3v) is 8.41. The Morgan fingerprint density at radius 3 is 2.69 bits per heavy atom. The molecule has 0 aliphatic carbocycles. The number of piperidine rings is 1. The van der Waals surface area contributed by atoms with Gasteiger partial charge in [0.25, 0.3) is 0 Å². The first kappa shape index (κ1) is 23.6. The van der Waals surface area contributed by atoms with Gasteiger partial charge >= 0.3 is 6.18 Å². The summed E-state index contributed by atoms with van der Waals surface area (Å²) >= 11 is 0. The number of nitrogens with one attached hydrogen (secondary N) is 2. The zero-order valence-electron chi connectivity index (χ0n) is 19.9. The molecular formula is C27H30F3N3O3. The molecule has 2 fully saturated rings. The molecule has 6 rings (SSSR count). The summed E-state index contributed by atoms with van der Waals surface area (Å²) in [6, 6.07) is 12.7. The summed E-state index contributed by atoms with van der Waals surface area (Å²) in [5, 5.41) is 6.82. The number of benzene rings is 2. The number of fused-ring (bicyclic) bond motifs is 4. The van der Waals surface area contributed by atoms with Crippen molar-refractivity contribution < 1.29 is 27.4 Å². The fourth-order valence-corrected chi connectivity index (χ4v) is 6.76. The van der Waals surface area contributed by atoms with Gasteiger partial charge in [-0.1, -0.05) is 36.4 Å². The lowest BCUT2D eigenvalue weighted by Gasteiger charge is -2.45. The molecule has 4 aliphatic rings. The molecule has 1 amide bonds. The average molecular weight is 502 g/mol. The molecule has 4 atom stereocenters. The number of hydrogen-bond donors (Lipinski definition) is 2. The van der Waals surface area contributed by atoms with Crippen molar-refractivity contribution in [3.05, 3.63) is 59.2 Å². The number of likely N-dealkylation sites (tertiary alicyclic amines) is 1. The van der Waals surface area contributed by atoms with E-state index < -0.39 is 30.0 Å². The molecule has 2 saturated heterocycles. The van der Waals surface area contributed by atoms with Crippen LogP contribution in [0.15, 0.2) is 42.5 Å². The van der Waals surface area contributed by atoms with E-state index in [1.807, 2.05) is 42.5 Å². The first-order valence-electron chi connectivity index (χ1n) is 12.6. The number of carbonyl (C=O) groups excluding carboxylic acids is 1. The van der Waals surface area contributed by atoms with Crippen LogP contribution in [-0.2, 0) is 16.8 Å². The summed E-state index contributed by atoms with van der Waals surface area (Å²) in [5.74, 6) is 0.752. The van der Waals surface area contributed by atoms with Gasteiger partial charge in [-0.2, -0.15) is 13.2 Å². The minimum atomic E-state index is -4.34. The van der Waals surface area contributed by atoms with E-state index in [0.717, 1.165) is 16.7 Å². The van der Waals surface area contributed by atoms with Crippen LogP contribution in [0.3, 0.4) is 0 Å². The maximum absolute atomic E-state index is 14.1. The van der Waals surface area contributed by atoms with Crippen molar-refractivity contribution in [2.75, 3.05) is 33.0 Å². The van der Waals surface area contributed by atoms with E-state index in [1.165, 1.54) is 4.90 Å². The number of alkyl halides is 3. The highest BCUT2D eigenvalue weighted by atomic mass is 19.4. The summed E-state index contributed by atoms with van der Waals surface area (Å²) in [5.41, 5.74) is 2.50. The van der Waals surface area contributed by atoms with Crippen molar-refractivity contribution in [1.29, 1.82) is 0 Å². The zero-order valence-corrected chi connectivity index (χ0v) is 19.9. The molecule has 9 heteroatoms. The molecule has 4 heterocycles. The van der Waals surface area contributed by atoms with Crippen LogP contribution in [0.2, 0.25) is 0 Å². The van der Waals surface area contributed by atoms with Gasteiger partial charge in [-0.05, 0) is 36.0 Å². The number of carbonyl (C=O) groups is 1. The van der Waals surface area contributed by atoms with E-state index in [-0.39, 0.29) is 18.6 Å². The molecule has 2 N–H and O–H groups in total. The molecule has 0 radical (unpaired) electrons. The molecule has 36 heavy (non-hydrogen) atoms. The maximum Gasteiger partial charge on any atom is 0.391 e. The van der Waals surface area contributed by atoms with Gasteiger partial charge in [-0.15, -0.1) is 0 Å². The van der Waals surface area contributed by atoms with Crippen molar-refractivity contribution in [3.8, 4) is 11.5 Å². The van der Waals surface area contributed by atoms with Gasteiger partial charge in [0.1, 0.15) is 0 Å². The molecule has 4 aliphatic heterocycles. The molecule has 0 saturated carbocycles. The number of hydrogen-bond acceptors (Lipinski definition) is 5. The minimum absolute atomic E-state index is 0.00933. The van der Waals surface area contributed by atoms with Gasteiger partial charge < -0.3 is 25.0 Å². The number of nitrogens with zero attached hydrogens (tertiary/aromatic N) is 1. The van der Waals surface area contributed by atoms with Crippen molar-refractivity contribution in [2.45, 2.75) is 49.4 Å². The Morgan fingerprint density at radius 2 is 1.89 bits per heavy atom. The van der Waals surface area contributed by atoms with E-state index in [2.05, 4.69) is 10.6 Å². The highest BCUT2D eigenvalue weighted by Crippen LogP contribution is 2.48. The van der Waals surface area contributed by atoms with Gasteiger partial charge in [0, 0.05) is 49.7 Å². The normalized spacial score (nSPS) is 29.4. The maximum atomic E-state index is 14.1. The highest BCUT2D eigenvalue weighted by molar-refractivity contribution is 5.82. The van der Waals surface area contributed by atoms with Gasteiger partial charge in [-0.3, -0.25) is 4.79 Å². The fraction of sp³-hybridized carbons (Fsp3) is 0.519. The molecule has 2 aromatic rings. The molecule has 1 spiro atoms. The Morgan fingerprint density at radius 1 is 1.08 bits per heavy atom. The fourth-order valence-electron chi connectivity index (χ4n) is 6.76. The SMILES string of the molecule is O=C(C1CNCC12CNCc1c2ccc2c1OCO2)N1CCC(c2ccccc2)CC1CC(F)(F)F. The molecule has 192 valence electrons. The lowest BCUT2D eigenvalue weighted by atomic mass is 9.68. The third-order valence-electron chi connectivity index (χ3n) is 8.41. The second kappa shape index (κ2) is 8.95. The molecule has 2 aromatic carbocycles. The number of rotatable bonds is 3. The van der Waals surface area contributed by atoms with E-state index >= 15 is 0 Å². The predicted molar refractivity (Wildman–Crippen MR) is 127 cm³/mol. The molecule has 0 bridgehead atoms. The standard InChI is InChI=1S/C27H30F3N3O3/c28-27(29,30)11-19-10-18(17-4-2-1-3-5-17)8-9-33(19)25(34)22-13-32-15-26(22)14-31-12-20-21(26)6-7-23-24(20)36-16-35-23/h1-7,18-19,22,31-32H,8-16H2. The Hall–Kier alpha value is -2.78. The Bertz CT molecular complexity index is 1140. The second-order valence-corrected chi connectivity index (χ2v) is 10.4. The van der Waals surface area contributed by atoms with Gasteiger partial charge in [0.2, 0.25) is 12.7 Å². The Balaban J connectivity index is 1.31. The van der Waals surface area contributed by atoms with Crippen LogP contribution in [-0.4, -0.2) is 56.0 Å². The van der Waals surface area contributed by atoms with E-state index in [4.69, 9.17) is 9.47 Å². The smallest absolute Gasteiger partial charge is 0.391 e.